The Labute approximate surface area is 47.6 Å². The first kappa shape index (κ1) is 5.25. The molecular formula is C4H5BNO2. The van der Waals surface area contributed by atoms with Crippen LogP contribution < -0.4 is 4.65 Å². The highest BCUT2D eigenvalue weighted by Gasteiger charge is 1.89. The molecule has 8 heavy (non-hydrogen) atoms. The van der Waals surface area contributed by atoms with Crippen molar-refractivity contribution in [2.75, 3.05) is 0 Å². The Hall–Kier alpha value is -0.895. The van der Waals surface area contributed by atoms with Gasteiger partial charge < -0.3 is 14.7 Å². The number of hydrogen-bond donors (Lipinski definition) is 2. The smallest absolute Gasteiger partial charge is 0.536 e. The zero-order valence-corrected chi connectivity index (χ0v) is 4.16. The van der Waals surface area contributed by atoms with Crippen molar-refractivity contribution in [3.8, 4) is 5.75 Å². The number of aromatic amines is 1. The first-order valence-electron chi connectivity index (χ1n) is 2.19. The van der Waals surface area contributed by atoms with Gasteiger partial charge in [-0.1, -0.05) is 0 Å². The molecule has 0 aliphatic rings. The number of nitrogens with one attached hydrogen (secondary N) is 1. The van der Waals surface area contributed by atoms with Crippen LogP contribution in [0.3, 0.4) is 0 Å². The van der Waals surface area contributed by atoms with Crippen LogP contribution in [0.15, 0.2) is 18.5 Å². The van der Waals surface area contributed by atoms with Crippen molar-refractivity contribution in [1.82, 2.24) is 4.98 Å². The lowest BCUT2D eigenvalue weighted by Crippen LogP contribution is -1.97. The van der Waals surface area contributed by atoms with Crippen LogP contribution in [0.4, 0.5) is 0 Å². The number of hydrogen-bond acceptors (Lipinski definition) is 2. The summed E-state index contributed by atoms with van der Waals surface area (Å²) >= 11 is 0. The maximum Gasteiger partial charge on any atom is 0.569 e. The zero-order chi connectivity index (χ0) is 5.82. The van der Waals surface area contributed by atoms with E-state index in [1.54, 1.807) is 18.5 Å². The van der Waals surface area contributed by atoms with E-state index in [-0.39, 0.29) is 0 Å². The molecule has 4 heteroatoms. The molecule has 1 heterocycles. The third kappa shape index (κ3) is 1.04. The van der Waals surface area contributed by atoms with Crippen LogP contribution in [0.2, 0.25) is 0 Å². The van der Waals surface area contributed by atoms with Crippen molar-refractivity contribution in [2.45, 2.75) is 0 Å². The monoisotopic (exact) mass is 110 g/mol. The molecule has 0 spiro atoms. The summed E-state index contributed by atoms with van der Waals surface area (Å²) in [4.78, 5) is 2.76. The zero-order valence-electron chi connectivity index (χ0n) is 4.16. The van der Waals surface area contributed by atoms with Crippen LogP contribution in [-0.4, -0.2) is 17.7 Å². The first-order chi connectivity index (χ1) is 3.93. The molecule has 1 aromatic heterocycles. The lowest BCUT2D eigenvalue weighted by atomic mass is 10.4. The molecule has 0 saturated heterocycles. The second-order valence-electron chi connectivity index (χ2n) is 1.27. The van der Waals surface area contributed by atoms with Crippen LogP contribution in [0.1, 0.15) is 0 Å². The maximum atomic E-state index is 8.08. The molecule has 3 nitrogen and oxygen atoms in total. The van der Waals surface area contributed by atoms with E-state index in [2.05, 4.69) is 9.64 Å². The normalized spacial score (nSPS) is 8.62. The third-order valence-electron chi connectivity index (χ3n) is 0.758. The molecule has 0 aliphatic heterocycles. The van der Waals surface area contributed by atoms with E-state index in [1.807, 2.05) is 0 Å². The lowest BCUT2D eigenvalue weighted by molar-refractivity contribution is 0.454. The van der Waals surface area contributed by atoms with Crippen molar-refractivity contribution >= 4 is 7.69 Å². The molecule has 0 fully saturated rings. The molecule has 2 N–H and O–H groups in total. The minimum Gasteiger partial charge on any atom is -0.536 e. The molecule has 1 aromatic rings. The van der Waals surface area contributed by atoms with Gasteiger partial charge in [-0.3, -0.25) is 0 Å². The van der Waals surface area contributed by atoms with Crippen molar-refractivity contribution in [3.05, 3.63) is 18.5 Å². The molecule has 0 unspecified atom stereocenters. The van der Waals surface area contributed by atoms with Crippen LogP contribution in [0, 0.1) is 0 Å². The molecule has 0 bridgehead atoms. The van der Waals surface area contributed by atoms with Gasteiger partial charge in [-0.2, -0.15) is 0 Å². The quantitative estimate of drug-likeness (QED) is 0.523. The van der Waals surface area contributed by atoms with E-state index in [4.69, 9.17) is 5.02 Å². The Bertz CT molecular complexity index is 140. The average molecular weight is 110 g/mol. The van der Waals surface area contributed by atoms with Gasteiger partial charge in [0, 0.05) is 12.4 Å². The topological polar surface area (TPSA) is 45.2 Å². The Kier molecular flexibility index (Phi) is 1.59. The SMILES string of the molecule is O[B]Oc1cc[nH]c1. The fraction of sp³-hybridized carbons (Fsp3) is 0. The number of rotatable bonds is 2. The Balaban J connectivity index is 2.50. The Morgan fingerprint density at radius 1 is 1.75 bits per heavy atom. The van der Waals surface area contributed by atoms with Gasteiger partial charge in [-0.05, 0) is 6.07 Å². The van der Waals surface area contributed by atoms with Gasteiger partial charge in [0.05, 0.1) is 0 Å². The molecule has 0 amide bonds. The summed E-state index contributed by atoms with van der Waals surface area (Å²) in [5, 5.41) is 8.08. The lowest BCUT2D eigenvalue weighted by Gasteiger charge is -1.91. The molecule has 0 aromatic carbocycles. The van der Waals surface area contributed by atoms with E-state index in [1.165, 1.54) is 0 Å². The minimum atomic E-state index is 0.604. The second-order valence-corrected chi connectivity index (χ2v) is 1.27. The summed E-state index contributed by atoms with van der Waals surface area (Å²) in [5.74, 6) is 0.604. The van der Waals surface area contributed by atoms with Crippen LogP contribution in [0.5, 0.6) is 5.75 Å². The van der Waals surface area contributed by atoms with Gasteiger partial charge in [0.2, 0.25) is 0 Å². The highest BCUT2D eigenvalue weighted by atomic mass is 16.5. The largest absolute Gasteiger partial charge is 0.569 e. The van der Waals surface area contributed by atoms with E-state index in [0.29, 0.717) is 13.4 Å². The third-order valence-corrected chi connectivity index (χ3v) is 0.758. The highest BCUT2D eigenvalue weighted by Crippen LogP contribution is 2.04. The fourth-order valence-electron chi connectivity index (χ4n) is 0.443. The van der Waals surface area contributed by atoms with Crippen molar-refractivity contribution in [2.24, 2.45) is 0 Å². The number of H-pyrrole nitrogens is 1. The molecule has 1 rings (SSSR count). The van der Waals surface area contributed by atoms with Crippen LogP contribution in [0.25, 0.3) is 0 Å². The highest BCUT2D eigenvalue weighted by molar-refractivity contribution is 6.17. The predicted octanol–water partition coefficient (Wildman–Crippen LogP) is -0.0800. The summed E-state index contributed by atoms with van der Waals surface area (Å²) in [6.07, 6.45) is 3.34. The van der Waals surface area contributed by atoms with Crippen molar-refractivity contribution in [3.63, 3.8) is 0 Å². The Morgan fingerprint density at radius 2 is 2.62 bits per heavy atom. The van der Waals surface area contributed by atoms with Crippen LogP contribution in [-0.2, 0) is 0 Å². The second kappa shape index (κ2) is 2.42. The molecular weight excluding hydrogens is 105 g/mol. The summed E-state index contributed by atoms with van der Waals surface area (Å²) in [7, 11) is 0.642. The molecule has 1 radical (unpaired) electrons. The van der Waals surface area contributed by atoms with E-state index in [0.717, 1.165) is 0 Å². The minimum absolute atomic E-state index is 0.604. The maximum absolute atomic E-state index is 8.08. The summed E-state index contributed by atoms with van der Waals surface area (Å²) in [6, 6.07) is 1.70. The van der Waals surface area contributed by atoms with Gasteiger partial charge in [0.1, 0.15) is 5.75 Å². The first-order valence-corrected chi connectivity index (χ1v) is 2.19. The van der Waals surface area contributed by atoms with Gasteiger partial charge in [-0.25, -0.2) is 0 Å². The van der Waals surface area contributed by atoms with Gasteiger partial charge in [-0.15, -0.1) is 0 Å². The summed E-state index contributed by atoms with van der Waals surface area (Å²) in [5.41, 5.74) is 0. The summed E-state index contributed by atoms with van der Waals surface area (Å²) < 4.78 is 4.55. The van der Waals surface area contributed by atoms with Crippen molar-refractivity contribution in [1.29, 1.82) is 0 Å². The molecule has 41 valence electrons. The van der Waals surface area contributed by atoms with Crippen molar-refractivity contribution < 1.29 is 9.68 Å². The Morgan fingerprint density at radius 3 is 3.12 bits per heavy atom. The van der Waals surface area contributed by atoms with Gasteiger partial charge in [0.25, 0.3) is 0 Å². The van der Waals surface area contributed by atoms with E-state index >= 15 is 0 Å². The van der Waals surface area contributed by atoms with E-state index in [9.17, 15) is 0 Å². The van der Waals surface area contributed by atoms with Crippen LogP contribution >= 0.6 is 0 Å². The fourth-order valence-corrected chi connectivity index (χ4v) is 0.443. The predicted molar refractivity (Wildman–Crippen MR) is 29.4 cm³/mol. The molecule has 0 saturated carbocycles. The summed E-state index contributed by atoms with van der Waals surface area (Å²) in [6.45, 7) is 0. The van der Waals surface area contributed by atoms with Gasteiger partial charge >= 0.3 is 7.69 Å². The van der Waals surface area contributed by atoms with Gasteiger partial charge in [0.15, 0.2) is 0 Å². The standard InChI is InChI=1S/C4H5BNO2/c7-5-8-4-1-2-6-3-4/h1-3,6-7H. The number of aromatic nitrogens is 1. The molecule has 0 atom stereocenters. The average Bonchev–Trinajstić information content (AvgIpc) is 2.19. The molecule has 0 aliphatic carbocycles. The van der Waals surface area contributed by atoms with E-state index < -0.39 is 0 Å².